The first-order valence-electron chi connectivity index (χ1n) is 7.39. The molecule has 118 valence electrons. The summed E-state index contributed by atoms with van der Waals surface area (Å²) in [6.07, 6.45) is 0. The van der Waals surface area contributed by atoms with Crippen LogP contribution in [0.25, 0.3) is 22.0 Å². The Morgan fingerprint density at radius 1 is 1.17 bits per heavy atom. The minimum Gasteiger partial charge on any atom is -0.361 e. The fraction of sp³-hybridized carbons (Fsp3) is 0.0556. The molecule has 0 aliphatic heterocycles. The predicted octanol–water partition coefficient (Wildman–Crippen LogP) is 4.51. The van der Waals surface area contributed by atoms with Gasteiger partial charge in [-0.2, -0.15) is 0 Å². The van der Waals surface area contributed by atoms with Crippen molar-refractivity contribution in [1.82, 2.24) is 10.1 Å². The second-order valence-electron chi connectivity index (χ2n) is 5.34. The number of hydrogen-bond acceptors (Lipinski definition) is 5. The molecular formula is C18H13N3O2S. The maximum Gasteiger partial charge on any atom is 0.279 e. The zero-order chi connectivity index (χ0) is 16.5. The standard InChI is InChI=1S/C18H13N3O2S/c1-11-9-15(21-23-11)17(22)20-18-19-16(10-24-18)14-8-4-6-12-5-2-3-7-13(12)14/h2-10H,1H3,(H,19,20,22). The average Bonchev–Trinajstić information content (AvgIpc) is 3.23. The third kappa shape index (κ3) is 2.68. The van der Waals surface area contributed by atoms with Crippen LogP contribution in [0.2, 0.25) is 0 Å². The van der Waals surface area contributed by atoms with Gasteiger partial charge in [-0.15, -0.1) is 11.3 Å². The highest BCUT2D eigenvalue weighted by Crippen LogP contribution is 2.31. The molecule has 5 nitrogen and oxygen atoms in total. The summed E-state index contributed by atoms with van der Waals surface area (Å²) < 4.78 is 4.92. The first kappa shape index (κ1) is 14.6. The average molecular weight is 335 g/mol. The Labute approximate surface area is 141 Å². The van der Waals surface area contributed by atoms with Crippen LogP contribution in [0.3, 0.4) is 0 Å². The van der Waals surface area contributed by atoms with Crippen LogP contribution in [0.5, 0.6) is 0 Å². The fourth-order valence-electron chi connectivity index (χ4n) is 2.54. The number of carbonyl (C=O) groups excluding carboxylic acids is 1. The van der Waals surface area contributed by atoms with Crippen LogP contribution in [0.1, 0.15) is 16.2 Å². The highest BCUT2D eigenvalue weighted by Gasteiger charge is 2.14. The Morgan fingerprint density at radius 2 is 2.00 bits per heavy atom. The molecule has 1 amide bonds. The molecule has 6 heteroatoms. The first-order chi connectivity index (χ1) is 11.7. The summed E-state index contributed by atoms with van der Waals surface area (Å²) in [5.41, 5.74) is 2.12. The van der Waals surface area contributed by atoms with Crippen molar-refractivity contribution >= 4 is 33.1 Å². The van der Waals surface area contributed by atoms with Crippen LogP contribution in [0.4, 0.5) is 5.13 Å². The Morgan fingerprint density at radius 3 is 2.83 bits per heavy atom. The molecule has 0 atom stereocenters. The minimum absolute atomic E-state index is 0.245. The van der Waals surface area contributed by atoms with Crippen molar-refractivity contribution in [3.8, 4) is 11.3 Å². The lowest BCUT2D eigenvalue weighted by molar-refractivity contribution is 0.101. The molecular weight excluding hydrogens is 322 g/mol. The van der Waals surface area contributed by atoms with E-state index in [1.807, 2.05) is 29.6 Å². The van der Waals surface area contributed by atoms with Crippen LogP contribution in [-0.4, -0.2) is 16.0 Å². The quantitative estimate of drug-likeness (QED) is 0.598. The second kappa shape index (κ2) is 5.90. The van der Waals surface area contributed by atoms with Crippen LogP contribution in [-0.2, 0) is 0 Å². The van der Waals surface area contributed by atoms with Crippen molar-refractivity contribution in [2.45, 2.75) is 6.92 Å². The van der Waals surface area contributed by atoms with Crippen molar-refractivity contribution in [3.05, 3.63) is 65.4 Å². The monoisotopic (exact) mass is 335 g/mol. The SMILES string of the molecule is Cc1cc(C(=O)Nc2nc(-c3cccc4ccccc34)cs2)no1. The third-order valence-electron chi connectivity index (χ3n) is 3.65. The van der Waals surface area contributed by atoms with E-state index in [0.717, 1.165) is 22.0 Å². The molecule has 4 aromatic rings. The maximum atomic E-state index is 12.1. The van der Waals surface area contributed by atoms with E-state index in [-0.39, 0.29) is 11.6 Å². The van der Waals surface area contributed by atoms with Gasteiger partial charge in [0, 0.05) is 17.0 Å². The lowest BCUT2D eigenvalue weighted by Gasteiger charge is -2.03. The van der Waals surface area contributed by atoms with E-state index in [4.69, 9.17) is 4.52 Å². The molecule has 2 heterocycles. The van der Waals surface area contributed by atoms with Crippen molar-refractivity contribution in [1.29, 1.82) is 0 Å². The molecule has 0 saturated heterocycles. The maximum absolute atomic E-state index is 12.1. The Hall–Kier alpha value is -2.99. The smallest absolute Gasteiger partial charge is 0.279 e. The van der Waals surface area contributed by atoms with E-state index < -0.39 is 0 Å². The normalized spacial score (nSPS) is 10.9. The fourth-order valence-corrected chi connectivity index (χ4v) is 3.24. The van der Waals surface area contributed by atoms with Gasteiger partial charge in [0.05, 0.1) is 5.69 Å². The highest BCUT2D eigenvalue weighted by atomic mass is 32.1. The number of thiazole rings is 1. The van der Waals surface area contributed by atoms with Crippen LogP contribution in [0.15, 0.2) is 58.4 Å². The van der Waals surface area contributed by atoms with E-state index in [1.165, 1.54) is 11.3 Å². The number of amides is 1. The summed E-state index contributed by atoms with van der Waals surface area (Å²) in [5.74, 6) is 0.265. The summed E-state index contributed by atoms with van der Waals surface area (Å²) in [6.45, 7) is 1.74. The van der Waals surface area contributed by atoms with Crippen LogP contribution < -0.4 is 5.32 Å². The Bertz CT molecular complexity index is 1030. The van der Waals surface area contributed by atoms with Gasteiger partial charge in [0.2, 0.25) is 0 Å². The number of hydrogen-bond donors (Lipinski definition) is 1. The van der Waals surface area contributed by atoms with Crippen LogP contribution >= 0.6 is 11.3 Å². The van der Waals surface area contributed by atoms with Gasteiger partial charge >= 0.3 is 0 Å². The number of nitrogens with zero attached hydrogens (tertiary/aromatic N) is 2. The Kier molecular flexibility index (Phi) is 3.59. The first-order valence-corrected chi connectivity index (χ1v) is 8.27. The molecule has 0 aliphatic rings. The van der Waals surface area contributed by atoms with Gasteiger partial charge in [-0.1, -0.05) is 47.6 Å². The van der Waals surface area contributed by atoms with E-state index in [9.17, 15) is 4.79 Å². The third-order valence-corrected chi connectivity index (χ3v) is 4.41. The molecule has 0 spiro atoms. The molecule has 0 bridgehead atoms. The van der Waals surface area contributed by atoms with E-state index in [0.29, 0.717) is 10.9 Å². The minimum atomic E-state index is -0.328. The largest absolute Gasteiger partial charge is 0.361 e. The van der Waals surface area contributed by atoms with Gasteiger partial charge in [-0.05, 0) is 17.7 Å². The Balaban J connectivity index is 1.64. The zero-order valence-corrected chi connectivity index (χ0v) is 13.6. The number of rotatable bonds is 3. The number of aryl methyl sites for hydroxylation is 1. The molecule has 24 heavy (non-hydrogen) atoms. The summed E-state index contributed by atoms with van der Waals surface area (Å²) >= 11 is 1.38. The lowest BCUT2D eigenvalue weighted by atomic mass is 10.0. The molecule has 1 N–H and O–H groups in total. The number of carbonyl (C=O) groups is 1. The molecule has 0 fully saturated rings. The van der Waals surface area contributed by atoms with Gasteiger partial charge in [-0.25, -0.2) is 4.98 Å². The summed E-state index contributed by atoms with van der Waals surface area (Å²) in [7, 11) is 0. The highest BCUT2D eigenvalue weighted by molar-refractivity contribution is 7.14. The number of benzene rings is 2. The molecule has 0 radical (unpaired) electrons. The molecule has 4 rings (SSSR count). The van der Waals surface area contributed by atoms with Gasteiger partial charge in [0.1, 0.15) is 5.76 Å². The summed E-state index contributed by atoms with van der Waals surface area (Å²) in [6, 6.07) is 15.9. The molecule has 0 saturated carbocycles. The van der Waals surface area contributed by atoms with Crippen molar-refractivity contribution < 1.29 is 9.32 Å². The molecule has 2 aromatic carbocycles. The molecule has 0 aliphatic carbocycles. The van der Waals surface area contributed by atoms with E-state index >= 15 is 0 Å². The van der Waals surface area contributed by atoms with E-state index in [2.05, 4.69) is 33.7 Å². The number of anilines is 1. The van der Waals surface area contributed by atoms with Crippen molar-refractivity contribution in [2.75, 3.05) is 5.32 Å². The number of nitrogens with one attached hydrogen (secondary N) is 1. The zero-order valence-electron chi connectivity index (χ0n) is 12.8. The topological polar surface area (TPSA) is 68.0 Å². The van der Waals surface area contributed by atoms with Crippen LogP contribution in [0, 0.1) is 6.92 Å². The predicted molar refractivity (Wildman–Crippen MR) is 94.2 cm³/mol. The van der Waals surface area contributed by atoms with Gasteiger partial charge in [0.15, 0.2) is 10.8 Å². The number of fused-ring (bicyclic) bond motifs is 1. The molecule has 2 aromatic heterocycles. The van der Waals surface area contributed by atoms with Crippen molar-refractivity contribution in [3.63, 3.8) is 0 Å². The van der Waals surface area contributed by atoms with Gasteiger partial charge in [0.25, 0.3) is 5.91 Å². The lowest BCUT2D eigenvalue weighted by Crippen LogP contribution is -2.11. The van der Waals surface area contributed by atoms with E-state index in [1.54, 1.807) is 13.0 Å². The number of aromatic nitrogens is 2. The van der Waals surface area contributed by atoms with Gasteiger partial charge in [-0.3, -0.25) is 10.1 Å². The summed E-state index contributed by atoms with van der Waals surface area (Å²) in [4.78, 5) is 16.6. The summed E-state index contributed by atoms with van der Waals surface area (Å²) in [5, 5.41) is 11.2. The van der Waals surface area contributed by atoms with Crippen molar-refractivity contribution in [2.24, 2.45) is 0 Å². The molecule has 0 unspecified atom stereocenters. The second-order valence-corrected chi connectivity index (χ2v) is 6.20. The van der Waals surface area contributed by atoms with Gasteiger partial charge < -0.3 is 4.52 Å².